The number of nitrogens with zero attached hydrogens (tertiary/aromatic N) is 1. The minimum atomic E-state index is 0.524. The first-order valence-electron chi connectivity index (χ1n) is 6.82. The minimum absolute atomic E-state index is 0.524. The van der Waals surface area contributed by atoms with Crippen LogP contribution in [0.5, 0.6) is 5.75 Å². The van der Waals surface area contributed by atoms with Gasteiger partial charge in [0.2, 0.25) is 0 Å². The van der Waals surface area contributed by atoms with Gasteiger partial charge in [-0.2, -0.15) is 0 Å². The predicted molar refractivity (Wildman–Crippen MR) is 69.4 cm³/mol. The summed E-state index contributed by atoms with van der Waals surface area (Å²) in [5.74, 6) is 1.87. The van der Waals surface area contributed by atoms with Crippen molar-refractivity contribution in [3.05, 3.63) is 29.3 Å². The number of aromatic hydroxyl groups is 1. The first-order chi connectivity index (χ1) is 8.29. The van der Waals surface area contributed by atoms with Gasteiger partial charge in [-0.25, -0.2) is 0 Å². The monoisotopic (exact) mass is 231 g/mol. The van der Waals surface area contributed by atoms with Crippen LogP contribution in [0.2, 0.25) is 0 Å². The third-order valence-corrected chi connectivity index (χ3v) is 4.39. The maximum Gasteiger partial charge on any atom is 0.119 e. The Balaban J connectivity index is 1.91. The van der Waals surface area contributed by atoms with Gasteiger partial charge in [-0.15, -0.1) is 0 Å². The zero-order valence-electron chi connectivity index (χ0n) is 10.5. The molecule has 1 heterocycles. The molecule has 17 heavy (non-hydrogen) atoms. The van der Waals surface area contributed by atoms with Crippen molar-refractivity contribution in [3.8, 4) is 5.75 Å². The lowest BCUT2D eigenvalue weighted by molar-refractivity contribution is 0.322. The van der Waals surface area contributed by atoms with Gasteiger partial charge in [0.1, 0.15) is 5.75 Å². The van der Waals surface area contributed by atoms with E-state index in [1.54, 1.807) is 0 Å². The third kappa shape index (κ3) is 1.85. The molecule has 1 fully saturated rings. The van der Waals surface area contributed by atoms with Crippen molar-refractivity contribution < 1.29 is 5.11 Å². The number of phenols is 1. The fourth-order valence-corrected chi connectivity index (χ4v) is 3.67. The van der Waals surface area contributed by atoms with Crippen molar-refractivity contribution in [1.82, 2.24) is 4.90 Å². The fraction of sp³-hybridized carbons (Fsp3) is 0.600. The number of hydrogen-bond donors (Lipinski definition) is 1. The van der Waals surface area contributed by atoms with E-state index in [1.165, 1.54) is 37.1 Å². The highest BCUT2D eigenvalue weighted by Gasteiger charge is 2.38. The molecule has 2 heteroatoms. The molecule has 1 aromatic carbocycles. The molecule has 2 aliphatic rings. The number of benzene rings is 1. The Bertz CT molecular complexity index is 415. The first kappa shape index (κ1) is 11.1. The topological polar surface area (TPSA) is 23.5 Å². The van der Waals surface area contributed by atoms with E-state index in [1.807, 2.05) is 12.1 Å². The van der Waals surface area contributed by atoms with E-state index in [4.69, 9.17) is 0 Å². The molecule has 1 aliphatic carbocycles. The lowest BCUT2D eigenvalue weighted by Gasteiger charge is -2.27. The lowest BCUT2D eigenvalue weighted by atomic mass is 9.77. The van der Waals surface area contributed by atoms with Crippen LogP contribution in [0.4, 0.5) is 0 Å². The van der Waals surface area contributed by atoms with E-state index >= 15 is 0 Å². The predicted octanol–water partition coefficient (Wildman–Crippen LogP) is 2.76. The normalized spacial score (nSPS) is 27.8. The summed E-state index contributed by atoms with van der Waals surface area (Å²) >= 11 is 0. The van der Waals surface area contributed by atoms with Crippen molar-refractivity contribution >= 4 is 0 Å². The molecule has 92 valence electrons. The molecule has 0 saturated carbocycles. The van der Waals surface area contributed by atoms with Crippen molar-refractivity contribution in [3.63, 3.8) is 0 Å². The molecule has 0 aromatic heterocycles. The van der Waals surface area contributed by atoms with Crippen LogP contribution < -0.4 is 0 Å². The Morgan fingerprint density at radius 1 is 1.35 bits per heavy atom. The van der Waals surface area contributed by atoms with E-state index in [9.17, 15) is 5.11 Å². The summed E-state index contributed by atoms with van der Waals surface area (Å²) in [5, 5.41) is 10.1. The van der Waals surface area contributed by atoms with Crippen LogP contribution in [0.25, 0.3) is 0 Å². The molecule has 0 bridgehead atoms. The lowest BCUT2D eigenvalue weighted by Crippen LogP contribution is -2.21. The average molecular weight is 231 g/mol. The van der Waals surface area contributed by atoms with Gasteiger partial charge in [0, 0.05) is 24.6 Å². The van der Waals surface area contributed by atoms with Crippen LogP contribution in [-0.2, 0) is 6.42 Å². The summed E-state index contributed by atoms with van der Waals surface area (Å²) in [6.07, 6.45) is 3.67. The highest BCUT2D eigenvalue weighted by Crippen LogP contribution is 2.44. The summed E-state index contributed by atoms with van der Waals surface area (Å²) in [6, 6.07) is 6.02. The van der Waals surface area contributed by atoms with Crippen molar-refractivity contribution in [2.75, 3.05) is 19.6 Å². The Labute approximate surface area is 103 Å². The van der Waals surface area contributed by atoms with Gasteiger partial charge in [0.05, 0.1) is 0 Å². The summed E-state index contributed by atoms with van der Waals surface area (Å²) in [7, 11) is 0. The van der Waals surface area contributed by atoms with Crippen molar-refractivity contribution in [1.29, 1.82) is 0 Å². The number of fused-ring (bicyclic) bond motifs is 3. The van der Waals surface area contributed by atoms with Gasteiger partial charge in [-0.1, -0.05) is 19.1 Å². The third-order valence-electron chi connectivity index (χ3n) is 4.39. The average Bonchev–Trinajstić information content (AvgIpc) is 2.72. The zero-order chi connectivity index (χ0) is 11.8. The number of rotatable bonds is 2. The maximum absolute atomic E-state index is 10.1. The number of aryl methyl sites for hydroxylation is 1. The summed E-state index contributed by atoms with van der Waals surface area (Å²) in [6.45, 7) is 5.82. The summed E-state index contributed by atoms with van der Waals surface area (Å²) in [5.41, 5.74) is 2.63. The molecule has 1 N–H and O–H groups in total. The minimum Gasteiger partial charge on any atom is -0.508 e. The summed E-state index contributed by atoms with van der Waals surface area (Å²) < 4.78 is 0. The number of phenolic OH excluding ortho intramolecular Hbond substituents is 1. The van der Waals surface area contributed by atoms with Crippen LogP contribution in [-0.4, -0.2) is 29.6 Å². The Kier molecular flexibility index (Phi) is 2.83. The van der Waals surface area contributed by atoms with Gasteiger partial charge in [-0.05, 0) is 43.4 Å². The number of hydrogen-bond acceptors (Lipinski definition) is 2. The standard InChI is InChI=1S/C15H21NO/c1-2-8-16-9-12-7-6-11-4-3-5-14(17)15(11)13(12)10-16/h3-5,12-13,17H,2,6-10H2,1H3/t12-,13+/m1/s1. The molecule has 0 unspecified atom stereocenters. The first-order valence-corrected chi connectivity index (χ1v) is 6.82. The van der Waals surface area contributed by atoms with Gasteiger partial charge >= 0.3 is 0 Å². The Morgan fingerprint density at radius 2 is 2.24 bits per heavy atom. The molecule has 2 atom stereocenters. The van der Waals surface area contributed by atoms with Gasteiger partial charge < -0.3 is 10.0 Å². The molecule has 0 amide bonds. The van der Waals surface area contributed by atoms with Crippen LogP contribution >= 0.6 is 0 Å². The quantitative estimate of drug-likeness (QED) is 0.846. The Morgan fingerprint density at radius 3 is 3.06 bits per heavy atom. The highest BCUT2D eigenvalue weighted by atomic mass is 16.3. The van der Waals surface area contributed by atoms with E-state index < -0.39 is 0 Å². The second-order valence-electron chi connectivity index (χ2n) is 5.51. The van der Waals surface area contributed by atoms with Crippen molar-refractivity contribution in [2.45, 2.75) is 32.1 Å². The van der Waals surface area contributed by atoms with Gasteiger partial charge in [-0.3, -0.25) is 0 Å². The highest BCUT2D eigenvalue weighted by molar-refractivity contribution is 5.44. The molecule has 1 saturated heterocycles. The molecule has 1 aromatic rings. The second kappa shape index (κ2) is 4.34. The van der Waals surface area contributed by atoms with Crippen LogP contribution in [0, 0.1) is 5.92 Å². The smallest absolute Gasteiger partial charge is 0.119 e. The number of likely N-dealkylation sites (tertiary alicyclic amines) is 1. The van der Waals surface area contributed by atoms with Crippen LogP contribution in [0.1, 0.15) is 36.8 Å². The van der Waals surface area contributed by atoms with E-state index in [-0.39, 0.29) is 0 Å². The van der Waals surface area contributed by atoms with E-state index in [0.29, 0.717) is 11.7 Å². The molecule has 2 nitrogen and oxygen atoms in total. The molecular weight excluding hydrogens is 210 g/mol. The van der Waals surface area contributed by atoms with Crippen molar-refractivity contribution in [2.24, 2.45) is 5.92 Å². The summed E-state index contributed by atoms with van der Waals surface area (Å²) in [4.78, 5) is 2.57. The van der Waals surface area contributed by atoms with Crippen LogP contribution in [0.15, 0.2) is 18.2 Å². The zero-order valence-corrected chi connectivity index (χ0v) is 10.5. The fourth-order valence-electron chi connectivity index (χ4n) is 3.67. The maximum atomic E-state index is 10.1. The largest absolute Gasteiger partial charge is 0.508 e. The molecule has 1 aliphatic heterocycles. The SMILES string of the molecule is CCCN1C[C@H]2CCc3cccc(O)c3[C@H]2C1. The van der Waals surface area contributed by atoms with Gasteiger partial charge in [0.15, 0.2) is 0 Å². The molecule has 0 spiro atoms. The molecule has 0 radical (unpaired) electrons. The van der Waals surface area contributed by atoms with Gasteiger partial charge in [0.25, 0.3) is 0 Å². The molecular formula is C15H21NO. The van der Waals surface area contributed by atoms with Crippen LogP contribution in [0.3, 0.4) is 0 Å². The second-order valence-corrected chi connectivity index (χ2v) is 5.51. The Hall–Kier alpha value is -1.02. The molecule has 3 rings (SSSR count). The van der Waals surface area contributed by atoms with E-state index in [0.717, 1.165) is 18.9 Å². The van der Waals surface area contributed by atoms with E-state index in [2.05, 4.69) is 17.9 Å².